The van der Waals surface area contributed by atoms with Crippen molar-refractivity contribution in [2.24, 2.45) is 0 Å². The third kappa shape index (κ3) is 3.10. The van der Waals surface area contributed by atoms with Gasteiger partial charge in [0.25, 0.3) is 0 Å². The molecule has 0 bridgehead atoms. The number of hydrogen-bond acceptors (Lipinski definition) is 4. The molecule has 2 aromatic heterocycles. The van der Waals surface area contributed by atoms with Crippen LogP contribution in [0.4, 0.5) is 0 Å². The van der Waals surface area contributed by atoms with E-state index in [4.69, 9.17) is 4.42 Å². The predicted molar refractivity (Wildman–Crippen MR) is 76.1 cm³/mol. The van der Waals surface area contributed by atoms with E-state index in [1.807, 2.05) is 36.4 Å². The van der Waals surface area contributed by atoms with Crippen LogP contribution >= 0.6 is 27.3 Å². The lowest BCUT2D eigenvalue weighted by Crippen LogP contribution is -2.25. The number of likely N-dealkylation sites (N-methyl/N-ethyl adjacent to an activating group) is 1. The molecule has 5 heteroatoms. The average molecular weight is 328 g/mol. The van der Waals surface area contributed by atoms with Crippen LogP contribution in [-0.4, -0.2) is 24.3 Å². The number of thiophene rings is 1. The first-order chi connectivity index (χ1) is 8.58. The summed E-state index contributed by atoms with van der Waals surface area (Å²) in [6, 6.07) is 3.84. The molecule has 0 saturated heterocycles. The zero-order valence-corrected chi connectivity index (χ0v) is 12.7. The summed E-state index contributed by atoms with van der Waals surface area (Å²) in [6.45, 7) is 3.06. The van der Waals surface area contributed by atoms with Crippen LogP contribution in [0, 0.1) is 6.92 Å². The second-order valence-electron chi connectivity index (χ2n) is 4.20. The number of Topliss-reactive ketones (excluding diaryl/α,β-unsaturated/α-hetero) is 1. The SMILES string of the molecule is Cc1occc1CN(C)CC(=O)c1sccc1Br. The van der Waals surface area contributed by atoms with Crippen molar-refractivity contribution in [1.82, 2.24) is 4.90 Å². The fourth-order valence-corrected chi connectivity index (χ4v) is 3.26. The first-order valence-corrected chi connectivity index (χ1v) is 7.23. The van der Waals surface area contributed by atoms with Gasteiger partial charge in [-0.15, -0.1) is 11.3 Å². The molecule has 0 N–H and O–H groups in total. The van der Waals surface area contributed by atoms with E-state index < -0.39 is 0 Å². The maximum absolute atomic E-state index is 12.1. The second kappa shape index (κ2) is 5.82. The molecular weight excluding hydrogens is 314 g/mol. The molecule has 0 aliphatic heterocycles. The Kier molecular flexibility index (Phi) is 4.37. The van der Waals surface area contributed by atoms with Crippen molar-refractivity contribution < 1.29 is 9.21 Å². The van der Waals surface area contributed by atoms with E-state index in [9.17, 15) is 4.79 Å². The van der Waals surface area contributed by atoms with Gasteiger partial charge in [-0.3, -0.25) is 9.69 Å². The molecule has 2 rings (SSSR count). The number of carbonyl (C=O) groups excluding carboxylic acids is 1. The van der Waals surface area contributed by atoms with Gasteiger partial charge in [-0.05, 0) is 47.4 Å². The molecule has 0 spiro atoms. The van der Waals surface area contributed by atoms with Gasteiger partial charge in [-0.1, -0.05) is 0 Å². The number of nitrogens with zero attached hydrogens (tertiary/aromatic N) is 1. The number of halogens is 1. The van der Waals surface area contributed by atoms with Gasteiger partial charge < -0.3 is 4.42 Å². The van der Waals surface area contributed by atoms with Gasteiger partial charge in [0.2, 0.25) is 0 Å². The number of hydrogen-bond donors (Lipinski definition) is 0. The summed E-state index contributed by atoms with van der Waals surface area (Å²) >= 11 is 4.85. The quantitative estimate of drug-likeness (QED) is 0.784. The molecular formula is C13H14BrNO2S. The fraction of sp³-hybridized carbons (Fsp3) is 0.308. The van der Waals surface area contributed by atoms with E-state index in [2.05, 4.69) is 15.9 Å². The van der Waals surface area contributed by atoms with Gasteiger partial charge in [0, 0.05) is 16.6 Å². The zero-order chi connectivity index (χ0) is 13.1. The predicted octanol–water partition coefficient (Wildman–Crippen LogP) is 3.73. The maximum atomic E-state index is 12.1. The Labute approximate surface area is 119 Å². The van der Waals surface area contributed by atoms with Crippen LogP contribution in [0.2, 0.25) is 0 Å². The van der Waals surface area contributed by atoms with Crippen molar-refractivity contribution >= 4 is 33.0 Å². The van der Waals surface area contributed by atoms with Crippen LogP contribution in [0.5, 0.6) is 0 Å². The number of furan rings is 1. The van der Waals surface area contributed by atoms with Crippen molar-refractivity contribution in [2.75, 3.05) is 13.6 Å². The van der Waals surface area contributed by atoms with Crippen LogP contribution in [-0.2, 0) is 6.54 Å². The molecule has 0 fully saturated rings. The smallest absolute Gasteiger partial charge is 0.187 e. The summed E-state index contributed by atoms with van der Waals surface area (Å²) < 4.78 is 6.12. The molecule has 0 unspecified atom stereocenters. The van der Waals surface area contributed by atoms with Gasteiger partial charge in [-0.2, -0.15) is 0 Å². The van der Waals surface area contributed by atoms with Gasteiger partial charge in [0.05, 0.1) is 17.7 Å². The number of carbonyl (C=O) groups is 1. The van der Waals surface area contributed by atoms with Crippen molar-refractivity contribution in [3.63, 3.8) is 0 Å². The molecule has 96 valence electrons. The Balaban J connectivity index is 1.96. The molecule has 0 aliphatic carbocycles. The van der Waals surface area contributed by atoms with Crippen molar-refractivity contribution in [3.05, 3.63) is 44.4 Å². The minimum absolute atomic E-state index is 0.139. The van der Waals surface area contributed by atoms with E-state index in [1.165, 1.54) is 11.3 Å². The highest BCUT2D eigenvalue weighted by Crippen LogP contribution is 2.23. The van der Waals surface area contributed by atoms with Crippen LogP contribution in [0.3, 0.4) is 0 Å². The number of ketones is 1. The van der Waals surface area contributed by atoms with E-state index in [0.717, 1.165) is 27.2 Å². The van der Waals surface area contributed by atoms with Gasteiger partial charge in [-0.25, -0.2) is 0 Å². The minimum Gasteiger partial charge on any atom is -0.469 e. The van der Waals surface area contributed by atoms with Crippen LogP contribution < -0.4 is 0 Å². The lowest BCUT2D eigenvalue weighted by atomic mass is 10.2. The summed E-state index contributed by atoms with van der Waals surface area (Å²) in [5.41, 5.74) is 1.12. The molecule has 0 amide bonds. The van der Waals surface area contributed by atoms with Crippen molar-refractivity contribution in [2.45, 2.75) is 13.5 Å². The summed E-state index contributed by atoms with van der Waals surface area (Å²) in [5.74, 6) is 1.05. The van der Waals surface area contributed by atoms with Crippen LogP contribution in [0.1, 0.15) is 21.0 Å². The minimum atomic E-state index is 0.139. The van der Waals surface area contributed by atoms with Gasteiger partial charge >= 0.3 is 0 Å². The normalized spacial score (nSPS) is 11.1. The van der Waals surface area contributed by atoms with Crippen molar-refractivity contribution in [3.8, 4) is 0 Å². The maximum Gasteiger partial charge on any atom is 0.187 e. The molecule has 18 heavy (non-hydrogen) atoms. The molecule has 3 nitrogen and oxygen atoms in total. The number of rotatable bonds is 5. The van der Waals surface area contributed by atoms with Crippen molar-refractivity contribution in [1.29, 1.82) is 0 Å². The molecule has 0 aliphatic rings. The largest absolute Gasteiger partial charge is 0.469 e. The highest BCUT2D eigenvalue weighted by molar-refractivity contribution is 9.10. The molecule has 2 aromatic rings. The summed E-state index contributed by atoms with van der Waals surface area (Å²) in [4.78, 5) is 14.8. The summed E-state index contributed by atoms with van der Waals surface area (Å²) in [7, 11) is 1.94. The lowest BCUT2D eigenvalue weighted by molar-refractivity contribution is 0.0946. The summed E-state index contributed by atoms with van der Waals surface area (Å²) in [6.07, 6.45) is 1.68. The third-order valence-corrected chi connectivity index (χ3v) is 4.57. The van der Waals surface area contributed by atoms with Crippen LogP contribution in [0.25, 0.3) is 0 Å². The lowest BCUT2D eigenvalue weighted by Gasteiger charge is -2.14. The Bertz CT molecular complexity index is 547. The topological polar surface area (TPSA) is 33.5 Å². The number of aryl methyl sites for hydroxylation is 1. The standard InChI is InChI=1S/C13H14BrNO2S/c1-9-10(3-5-17-9)7-15(2)8-12(16)13-11(14)4-6-18-13/h3-6H,7-8H2,1-2H3. The molecule has 0 atom stereocenters. The monoisotopic (exact) mass is 327 g/mol. The fourth-order valence-electron chi connectivity index (χ4n) is 1.73. The Morgan fingerprint density at radius 3 is 2.83 bits per heavy atom. The van der Waals surface area contributed by atoms with E-state index in [0.29, 0.717) is 6.54 Å². The van der Waals surface area contributed by atoms with E-state index in [1.54, 1.807) is 6.26 Å². The second-order valence-corrected chi connectivity index (χ2v) is 5.97. The Morgan fingerprint density at radius 1 is 1.50 bits per heavy atom. The third-order valence-electron chi connectivity index (χ3n) is 2.69. The molecule has 0 aromatic carbocycles. The molecule has 0 saturated carbocycles. The van der Waals surface area contributed by atoms with E-state index in [-0.39, 0.29) is 5.78 Å². The first kappa shape index (κ1) is 13.5. The molecule has 2 heterocycles. The van der Waals surface area contributed by atoms with Gasteiger partial charge in [0.1, 0.15) is 5.76 Å². The zero-order valence-electron chi connectivity index (χ0n) is 10.3. The highest BCUT2D eigenvalue weighted by Gasteiger charge is 2.14. The first-order valence-electron chi connectivity index (χ1n) is 5.55. The Morgan fingerprint density at radius 2 is 2.28 bits per heavy atom. The van der Waals surface area contributed by atoms with E-state index >= 15 is 0 Å². The molecule has 0 radical (unpaired) electrons. The van der Waals surface area contributed by atoms with Gasteiger partial charge in [0.15, 0.2) is 5.78 Å². The summed E-state index contributed by atoms with van der Waals surface area (Å²) in [5, 5.41) is 1.91. The average Bonchev–Trinajstić information content (AvgIpc) is 2.88. The highest BCUT2D eigenvalue weighted by atomic mass is 79.9. The Hall–Kier alpha value is -0.910. The van der Waals surface area contributed by atoms with Crippen LogP contribution in [0.15, 0.2) is 32.7 Å².